The van der Waals surface area contributed by atoms with E-state index in [0.717, 1.165) is 22.6 Å². The van der Waals surface area contributed by atoms with Gasteiger partial charge in [-0.05, 0) is 77.6 Å². The van der Waals surface area contributed by atoms with E-state index in [9.17, 15) is 44.3 Å². The van der Waals surface area contributed by atoms with E-state index in [1.807, 2.05) is 13.8 Å². The van der Waals surface area contributed by atoms with E-state index in [1.54, 1.807) is 18.2 Å². The summed E-state index contributed by atoms with van der Waals surface area (Å²) in [6.07, 6.45) is -17.7. The van der Waals surface area contributed by atoms with Crippen molar-refractivity contribution in [3.8, 4) is 16.9 Å². The van der Waals surface area contributed by atoms with Crippen LogP contribution in [0.1, 0.15) is 66.2 Å². The van der Waals surface area contributed by atoms with Crippen LogP contribution in [0.25, 0.3) is 11.1 Å². The lowest BCUT2D eigenvalue weighted by Crippen LogP contribution is -2.32. The molecule has 0 bridgehead atoms. The molecular weight excluding hydrogens is 593 g/mol. The van der Waals surface area contributed by atoms with Gasteiger partial charge in [-0.25, -0.2) is 4.79 Å². The molecule has 43 heavy (non-hydrogen) atoms. The second kappa shape index (κ2) is 11.3. The fourth-order valence-corrected chi connectivity index (χ4v) is 4.95. The maximum atomic E-state index is 13.7. The third kappa shape index (κ3) is 6.70. The first kappa shape index (κ1) is 32.0. The number of alkyl halides is 9. The lowest BCUT2D eigenvalue weighted by molar-refractivity contribution is -0.143. The minimum absolute atomic E-state index is 0.0125. The molecule has 1 aliphatic heterocycles. The molecule has 0 saturated carbocycles. The van der Waals surface area contributed by atoms with Gasteiger partial charge < -0.3 is 9.47 Å². The van der Waals surface area contributed by atoms with Crippen LogP contribution in [-0.2, 0) is 29.8 Å². The van der Waals surface area contributed by atoms with Crippen LogP contribution < -0.4 is 4.74 Å². The van der Waals surface area contributed by atoms with E-state index in [-0.39, 0.29) is 23.1 Å². The van der Waals surface area contributed by atoms with Gasteiger partial charge in [0.15, 0.2) is 0 Å². The van der Waals surface area contributed by atoms with Crippen LogP contribution in [0.15, 0.2) is 54.6 Å². The Kier molecular flexibility index (Phi) is 8.42. The number of halogens is 9. The molecule has 232 valence electrons. The number of nitrogens with zero attached hydrogens (tertiary/aromatic N) is 1. The molecule has 4 nitrogen and oxygen atoms in total. The first-order valence-corrected chi connectivity index (χ1v) is 13.0. The molecule has 1 aliphatic rings. The minimum atomic E-state index is -5.13. The zero-order valence-corrected chi connectivity index (χ0v) is 23.2. The predicted molar refractivity (Wildman–Crippen MR) is 138 cm³/mol. The number of cyclic esters (lactones) is 1. The molecule has 0 N–H and O–H groups in total. The van der Waals surface area contributed by atoms with Crippen molar-refractivity contribution in [1.82, 2.24) is 4.90 Å². The molecule has 3 aromatic carbocycles. The molecule has 0 aromatic heterocycles. The normalized spacial score (nSPS) is 17.9. The van der Waals surface area contributed by atoms with Gasteiger partial charge >= 0.3 is 24.6 Å². The number of hydrogen-bond donors (Lipinski definition) is 0. The van der Waals surface area contributed by atoms with Crippen molar-refractivity contribution >= 4 is 6.09 Å². The smallest absolute Gasteiger partial charge is 0.416 e. The van der Waals surface area contributed by atoms with E-state index >= 15 is 0 Å². The van der Waals surface area contributed by atoms with Crippen molar-refractivity contribution in [3.05, 3.63) is 88.0 Å². The summed E-state index contributed by atoms with van der Waals surface area (Å²) in [7, 11) is 1.38. The summed E-state index contributed by atoms with van der Waals surface area (Å²) < 4.78 is 133. The van der Waals surface area contributed by atoms with E-state index in [1.165, 1.54) is 20.1 Å². The number of methoxy groups -OCH3 is 1. The Hall–Kier alpha value is -3.90. The standard InChI is InChI=1S/C30H26F9NO3/c1-15(2)17-5-8-25(42-4)24(12-17)23-7-6-20(28(31,32)33)11-19(23)14-40-16(3)26(43-27(40)41)18-9-21(29(34,35)36)13-22(10-18)30(37,38)39/h5-13,15-16,26H,14H2,1-4H3/t16-,26-/m0/s1. The van der Waals surface area contributed by atoms with Gasteiger partial charge in [0.2, 0.25) is 0 Å². The van der Waals surface area contributed by atoms with E-state index in [0.29, 0.717) is 23.4 Å². The highest BCUT2D eigenvalue weighted by Gasteiger charge is 2.43. The zero-order chi connectivity index (χ0) is 32.1. The number of carbonyl (C=O) groups is 1. The predicted octanol–water partition coefficient (Wildman–Crippen LogP) is 9.62. The van der Waals surface area contributed by atoms with Gasteiger partial charge in [0.05, 0.1) is 36.4 Å². The van der Waals surface area contributed by atoms with Gasteiger partial charge in [-0.1, -0.05) is 26.0 Å². The fraction of sp³-hybridized carbons (Fsp3) is 0.367. The Labute approximate surface area is 241 Å². The van der Waals surface area contributed by atoms with Crippen molar-refractivity contribution in [3.63, 3.8) is 0 Å². The Bertz CT molecular complexity index is 1480. The third-order valence-electron chi connectivity index (χ3n) is 7.28. The number of rotatable bonds is 6. The van der Waals surface area contributed by atoms with E-state index < -0.39 is 65.6 Å². The first-order valence-electron chi connectivity index (χ1n) is 13.0. The highest BCUT2D eigenvalue weighted by Crippen LogP contribution is 2.43. The molecule has 13 heteroatoms. The average Bonchev–Trinajstić information content (AvgIpc) is 3.19. The van der Waals surface area contributed by atoms with Crippen LogP contribution in [0.2, 0.25) is 0 Å². The van der Waals surface area contributed by atoms with Gasteiger partial charge in [0.1, 0.15) is 11.9 Å². The Morgan fingerprint density at radius 2 is 1.37 bits per heavy atom. The number of hydrogen-bond acceptors (Lipinski definition) is 3. The second-order valence-corrected chi connectivity index (χ2v) is 10.5. The van der Waals surface area contributed by atoms with Gasteiger partial charge in [-0.2, -0.15) is 39.5 Å². The quantitative estimate of drug-likeness (QED) is 0.258. The summed E-state index contributed by atoms with van der Waals surface area (Å²) in [5.41, 5.74) is -3.17. The average molecular weight is 620 g/mol. The monoisotopic (exact) mass is 619 g/mol. The SMILES string of the molecule is COc1ccc(C(C)C)cc1-c1ccc(C(F)(F)F)cc1CN1C(=O)O[C@H](c2cc(C(F)(F)F)cc(C(F)(F)F)c2)[C@@H]1C. The van der Waals surface area contributed by atoms with E-state index in [2.05, 4.69) is 0 Å². The Balaban J connectivity index is 1.80. The highest BCUT2D eigenvalue weighted by molar-refractivity contribution is 5.76. The first-order chi connectivity index (χ1) is 19.8. The van der Waals surface area contributed by atoms with Crippen LogP contribution in [-0.4, -0.2) is 24.1 Å². The summed E-state index contributed by atoms with van der Waals surface area (Å²) in [6.45, 7) is 4.67. The third-order valence-corrected chi connectivity index (χ3v) is 7.28. The molecular formula is C30H26F9NO3. The number of carbonyl (C=O) groups excluding carboxylic acids is 1. The lowest BCUT2D eigenvalue weighted by atomic mass is 9.92. The molecule has 0 aliphatic carbocycles. The molecule has 1 heterocycles. The molecule has 0 spiro atoms. The summed E-state index contributed by atoms with van der Waals surface area (Å²) in [5, 5.41) is 0. The Morgan fingerprint density at radius 3 is 1.88 bits per heavy atom. The highest BCUT2D eigenvalue weighted by atomic mass is 19.4. The van der Waals surface area contributed by atoms with E-state index in [4.69, 9.17) is 9.47 Å². The summed E-state index contributed by atoms with van der Waals surface area (Å²) in [4.78, 5) is 13.9. The number of benzene rings is 3. The number of amides is 1. The van der Waals surface area contributed by atoms with Crippen molar-refractivity contribution < 1.29 is 53.8 Å². The van der Waals surface area contributed by atoms with Crippen LogP contribution in [0.5, 0.6) is 5.75 Å². The number of ether oxygens (including phenoxy) is 2. The summed E-state index contributed by atoms with van der Waals surface area (Å²) in [5.74, 6) is 0.384. The minimum Gasteiger partial charge on any atom is -0.496 e. The van der Waals surface area contributed by atoms with Crippen LogP contribution in [0.4, 0.5) is 44.3 Å². The van der Waals surface area contributed by atoms with Crippen molar-refractivity contribution in [2.24, 2.45) is 0 Å². The van der Waals surface area contributed by atoms with Crippen molar-refractivity contribution in [2.75, 3.05) is 7.11 Å². The van der Waals surface area contributed by atoms with Crippen LogP contribution in [0, 0.1) is 0 Å². The molecule has 1 fully saturated rings. The zero-order valence-electron chi connectivity index (χ0n) is 23.2. The second-order valence-electron chi connectivity index (χ2n) is 10.5. The summed E-state index contributed by atoms with van der Waals surface area (Å²) in [6, 6.07) is 7.87. The maximum absolute atomic E-state index is 13.7. The van der Waals surface area contributed by atoms with Gasteiger partial charge in [-0.15, -0.1) is 0 Å². The molecule has 0 unspecified atom stereocenters. The molecule has 0 radical (unpaired) electrons. The molecule has 3 aromatic rings. The molecule has 1 amide bonds. The lowest BCUT2D eigenvalue weighted by Gasteiger charge is -2.24. The topological polar surface area (TPSA) is 38.8 Å². The Morgan fingerprint density at radius 1 is 0.791 bits per heavy atom. The molecule has 2 atom stereocenters. The van der Waals surface area contributed by atoms with Crippen LogP contribution >= 0.6 is 0 Å². The van der Waals surface area contributed by atoms with Gasteiger partial charge in [0, 0.05) is 5.56 Å². The van der Waals surface area contributed by atoms with Gasteiger partial charge in [-0.3, -0.25) is 4.90 Å². The largest absolute Gasteiger partial charge is 0.496 e. The van der Waals surface area contributed by atoms with Crippen molar-refractivity contribution in [1.29, 1.82) is 0 Å². The fourth-order valence-electron chi connectivity index (χ4n) is 4.95. The van der Waals surface area contributed by atoms with Crippen molar-refractivity contribution in [2.45, 2.75) is 63.9 Å². The molecule has 1 saturated heterocycles. The maximum Gasteiger partial charge on any atom is 0.416 e. The van der Waals surface area contributed by atoms with Crippen LogP contribution in [0.3, 0.4) is 0 Å². The summed E-state index contributed by atoms with van der Waals surface area (Å²) >= 11 is 0. The van der Waals surface area contributed by atoms with Gasteiger partial charge in [0.25, 0.3) is 0 Å². The molecule has 4 rings (SSSR count).